The number of aliphatic carboxylic acids is 1. The first-order valence-corrected chi connectivity index (χ1v) is 7.87. The Morgan fingerprint density at radius 3 is 2.45 bits per heavy atom. The largest absolute Gasteiger partial charge is 0.481 e. The molecular weight excluding hydrogens is 327 g/mol. The summed E-state index contributed by atoms with van der Waals surface area (Å²) < 4.78 is 0. The fraction of sp³-hybridized carbons (Fsp3) is 0.467. The molecule has 1 aromatic rings. The van der Waals surface area contributed by atoms with E-state index < -0.39 is 5.97 Å². The van der Waals surface area contributed by atoms with Crippen molar-refractivity contribution in [1.82, 2.24) is 10.2 Å². The molecule has 0 aliphatic carbocycles. The molecule has 2 amide bonds. The summed E-state index contributed by atoms with van der Waals surface area (Å²) in [6.07, 6.45) is 0.980. The maximum atomic E-state index is 12.2. The maximum Gasteiger partial charge on any atom is 0.317 e. The molecule has 0 aromatic heterocycles. The number of likely N-dealkylation sites (tertiary alicyclic amines) is 1. The predicted molar refractivity (Wildman–Crippen MR) is 85.3 cm³/mol. The summed E-state index contributed by atoms with van der Waals surface area (Å²) in [5.74, 6) is -1.14. The Bertz CT molecular complexity index is 572. The zero-order valence-electron chi connectivity index (χ0n) is 12.2. The van der Waals surface area contributed by atoms with Gasteiger partial charge in [-0.05, 0) is 37.5 Å². The monoisotopic (exact) mass is 344 g/mol. The number of nitrogens with one attached hydrogen (secondary N) is 1. The van der Waals surface area contributed by atoms with Crippen molar-refractivity contribution in [3.05, 3.63) is 33.8 Å². The number of amides is 2. The molecule has 1 fully saturated rings. The van der Waals surface area contributed by atoms with Crippen LogP contribution >= 0.6 is 23.2 Å². The molecule has 1 atom stereocenters. The highest BCUT2D eigenvalue weighted by molar-refractivity contribution is 6.42. The van der Waals surface area contributed by atoms with Crippen molar-refractivity contribution in [1.29, 1.82) is 0 Å². The first-order valence-electron chi connectivity index (χ1n) is 7.11. The van der Waals surface area contributed by atoms with E-state index in [1.807, 2.05) is 13.0 Å². The van der Waals surface area contributed by atoms with Crippen molar-refractivity contribution >= 4 is 35.2 Å². The Balaban J connectivity index is 1.91. The molecule has 2 N–H and O–H groups in total. The third-order valence-corrected chi connectivity index (χ3v) is 4.65. The number of benzene rings is 1. The summed E-state index contributed by atoms with van der Waals surface area (Å²) in [5, 5.41) is 12.8. The van der Waals surface area contributed by atoms with E-state index in [0.29, 0.717) is 36.0 Å². The lowest BCUT2D eigenvalue weighted by atomic mass is 9.97. The van der Waals surface area contributed by atoms with Crippen molar-refractivity contribution in [2.24, 2.45) is 5.92 Å². The number of nitrogens with zero attached hydrogens (tertiary/aromatic N) is 1. The summed E-state index contributed by atoms with van der Waals surface area (Å²) in [7, 11) is 0. The fourth-order valence-electron chi connectivity index (χ4n) is 2.47. The van der Waals surface area contributed by atoms with Gasteiger partial charge in [-0.25, -0.2) is 4.79 Å². The van der Waals surface area contributed by atoms with Gasteiger partial charge in [0.25, 0.3) is 0 Å². The van der Waals surface area contributed by atoms with Gasteiger partial charge in [-0.1, -0.05) is 29.3 Å². The average Bonchev–Trinajstić information content (AvgIpc) is 2.50. The first kappa shape index (κ1) is 16.9. The summed E-state index contributed by atoms with van der Waals surface area (Å²) in [6.45, 7) is 2.77. The second kappa shape index (κ2) is 7.20. The number of rotatable bonds is 3. The van der Waals surface area contributed by atoms with Crippen molar-refractivity contribution < 1.29 is 14.7 Å². The highest BCUT2D eigenvalue weighted by Gasteiger charge is 2.27. The van der Waals surface area contributed by atoms with Crippen molar-refractivity contribution in [3.63, 3.8) is 0 Å². The Labute approximate surface area is 139 Å². The SMILES string of the molecule is CC(NC(=O)N1CCC(C(=O)O)CC1)c1ccc(Cl)c(Cl)c1. The minimum absolute atomic E-state index is 0.192. The van der Waals surface area contributed by atoms with E-state index in [1.54, 1.807) is 17.0 Å². The lowest BCUT2D eigenvalue weighted by Crippen LogP contribution is -2.46. The second-order valence-electron chi connectivity index (χ2n) is 5.44. The summed E-state index contributed by atoms with van der Waals surface area (Å²) >= 11 is 11.9. The number of carboxylic acids is 1. The van der Waals surface area contributed by atoms with Crippen LogP contribution in [0.25, 0.3) is 0 Å². The van der Waals surface area contributed by atoms with E-state index in [0.717, 1.165) is 5.56 Å². The van der Waals surface area contributed by atoms with Gasteiger partial charge < -0.3 is 15.3 Å². The lowest BCUT2D eigenvalue weighted by molar-refractivity contribution is -0.143. The zero-order valence-corrected chi connectivity index (χ0v) is 13.7. The summed E-state index contributed by atoms with van der Waals surface area (Å²) in [5.41, 5.74) is 0.864. The Morgan fingerprint density at radius 1 is 1.27 bits per heavy atom. The molecule has 2 rings (SSSR count). The normalized spacial score (nSPS) is 17.1. The molecule has 1 unspecified atom stereocenters. The third-order valence-electron chi connectivity index (χ3n) is 3.92. The predicted octanol–water partition coefficient (Wildman–Crippen LogP) is 3.56. The van der Waals surface area contributed by atoms with Gasteiger partial charge in [0, 0.05) is 13.1 Å². The Kier molecular flexibility index (Phi) is 5.53. The molecule has 1 aliphatic heterocycles. The average molecular weight is 345 g/mol. The molecule has 5 nitrogen and oxygen atoms in total. The molecule has 7 heteroatoms. The lowest BCUT2D eigenvalue weighted by Gasteiger charge is -2.31. The number of hydrogen-bond acceptors (Lipinski definition) is 2. The molecule has 1 heterocycles. The van der Waals surface area contributed by atoms with Gasteiger partial charge in [0.2, 0.25) is 0 Å². The van der Waals surface area contributed by atoms with E-state index in [2.05, 4.69) is 5.32 Å². The number of hydrogen-bond donors (Lipinski definition) is 2. The van der Waals surface area contributed by atoms with Crippen LogP contribution in [0.3, 0.4) is 0 Å². The molecule has 1 aromatic carbocycles. The molecule has 0 saturated carbocycles. The standard InChI is InChI=1S/C15H18Cl2N2O3/c1-9(11-2-3-12(16)13(17)8-11)18-15(22)19-6-4-10(5-7-19)14(20)21/h2-3,8-10H,4-7H2,1H3,(H,18,22)(H,20,21). The minimum atomic E-state index is -0.788. The van der Waals surface area contributed by atoms with Crippen LogP contribution in [-0.2, 0) is 4.79 Å². The zero-order chi connectivity index (χ0) is 16.3. The number of halogens is 2. The van der Waals surface area contributed by atoms with Gasteiger partial charge in [-0.2, -0.15) is 0 Å². The van der Waals surface area contributed by atoms with E-state index in [4.69, 9.17) is 28.3 Å². The van der Waals surface area contributed by atoms with Crippen LogP contribution in [-0.4, -0.2) is 35.1 Å². The van der Waals surface area contributed by atoms with E-state index >= 15 is 0 Å². The smallest absolute Gasteiger partial charge is 0.317 e. The Morgan fingerprint density at radius 2 is 1.91 bits per heavy atom. The number of carboxylic acid groups (broad SMARTS) is 1. The highest BCUT2D eigenvalue weighted by atomic mass is 35.5. The third kappa shape index (κ3) is 4.05. The molecule has 0 radical (unpaired) electrons. The number of carbonyl (C=O) groups is 2. The number of carbonyl (C=O) groups excluding carboxylic acids is 1. The van der Waals surface area contributed by atoms with Crippen molar-refractivity contribution in [2.45, 2.75) is 25.8 Å². The van der Waals surface area contributed by atoms with Gasteiger partial charge in [0.1, 0.15) is 0 Å². The van der Waals surface area contributed by atoms with Gasteiger partial charge in [0.15, 0.2) is 0 Å². The van der Waals surface area contributed by atoms with Crippen LogP contribution in [0.4, 0.5) is 4.79 Å². The van der Waals surface area contributed by atoms with Crippen LogP contribution in [0.15, 0.2) is 18.2 Å². The topological polar surface area (TPSA) is 69.6 Å². The van der Waals surface area contributed by atoms with Gasteiger partial charge in [-0.3, -0.25) is 4.79 Å². The van der Waals surface area contributed by atoms with Crippen LogP contribution in [0.1, 0.15) is 31.4 Å². The summed E-state index contributed by atoms with van der Waals surface area (Å²) in [6, 6.07) is 4.84. The van der Waals surface area contributed by atoms with Gasteiger partial charge in [-0.15, -0.1) is 0 Å². The molecule has 120 valence electrons. The van der Waals surface area contributed by atoms with Crippen LogP contribution in [0.2, 0.25) is 10.0 Å². The van der Waals surface area contributed by atoms with E-state index in [9.17, 15) is 9.59 Å². The quantitative estimate of drug-likeness (QED) is 0.880. The maximum absolute atomic E-state index is 12.2. The van der Waals surface area contributed by atoms with E-state index in [-0.39, 0.29) is 18.0 Å². The van der Waals surface area contributed by atoms with Gasteiger partial charge >= 0.3 is 12.0 Å². The highest BCUT2D eigenvalue weighted by Crippen LogP contribution is 2.26. The second-order valence-corrected chi connectivity index (χ2v) is 6.26. The van der Waals surface area contributed by atoms with E-state index in [1.165, 1.54) is 0 Å². The Hall–Kier alpha value is -1.46. The van der Waals surface area contributed by atoms with Crippen LogP contribution in [0, 0.1) is 5.92 Å². The fourth-order valence-corrected chi connectivity index (χ4v) is 2.78. The molecule has 1 saturated heterocycles. The molecular formula is C15H18Cl2N2O3. The van der Waals surface area contributed by atoms with Crippen LogP contribution < -0.4 is 5.32 Å². The minimum Gasteiger partial charge on any atom is -0.481 e. The summed E-state index contributed by atoms with van der Waals surface area (Å²) in [4.78, 5) is 24.8. The van der Waals surface area contributed by atoms with Crippen molar-refractivity contribution in [2.75, 3.05) is 13.1 Å². The molecule has 0 bridgehead atoms. The molecule has 0 spiro atoms. The van der Waals surface area contributed by atoms with Crippen LogP contribution in [0.5, 0.6) is 0 Å². The molecule has 1 aliphatic rings. The first-order chi connectivity index (χ1) is 10.4. The van der Waals surface area contributed by atoms with Crippen molar-refractivity contribution in [3.8, 4) is 0 Å². The number of urea groups is 1. The molecule has 22 heavy (non-hydrogen) atoms. The van der Waals surface area contributed by atoms with Gasteiger partial charge in [0.05, 0.1) is 22.0 Å². The number of piperidine rings is 1.